The zero-order valence-corrected chi connectivity index (χ0v) is 15.2. The molecule has 0 spiro atoms. The number of nitro benzene ring substituents is 1. The van der Waals surface area contributed by atoms with Crippen molar-refractivity contribution in [3.05, 3.63) is 34.1 Å². The Labute approximate surface area is 156 Å². The minimum atomic E-state index is -0.385. The highest BCUT2D eigenvalue weighted by molar-refractivity contribution is 5.85. The highest BCUT2D eigenvalue weighted by atomic mass is 35.5. The second-order valence-electron chi connectivity index (χ2n) is 6.57. The SMILES string of the molecule is CN1CCNCC1c1noc(-c2ccc(NC3CC3)c([N+](=O)[O-])c2)n1.Cl. The molecule has 140 valence electrons. The van der Waals surface area contributed by atoms with Crippen molar-refractivity contribution in [2.75, 3.05) is 32.0 Å². The van der Waals surface area contributed by atoms with Gasteiger partial charge in [0.25, 0.3) is 11.6 Å². The predicted octanol–water partition coefficient (Wildman–Crippen LogP) is 2.22. The number of aromatic nitrogens is 2. The Balaban J connectivity index is 0.00000196. The largest absolute Gasteiger partial charge is 0.377 e. The Hall–Kier alpha value is -2.23. The first-order valence-electron chi connectivity index (χ1n) is 8.42. The van der Waals surface area contributed by atoms with Crippen molar-refractivity contribution < 1.29 is 9.45 Å². The van der Waals surface area contributed by atoms with Gasteiger partial charge < -0.3 is 15.2 Å². The molecule has 1 atom stereocenters. The molecule has 10 heteroatoms. The predicted molar refractivity (Wildman–Crippen MR) is 98.5 cm³/mol. The third-order valence-corrected chi connectivity index (χ3v) is 4.63. The molecule has 9 nitrogen and oxygen atoms in total. The van der Waals surface area contributed by atoms with Gasteiger partial charge in [0.1, 0.15) is 5.69 Å². The summed E-state index contributed by atoms with van der Waals surface area (Å²) in [4.78, 5) is 17.6. The van der Waals surface area contributed by atoms with Crippen molar-refractivity contribution in [2.24, 2.45) is 0 Å². The molecule has 1 unspecified atom stereocenters. The van der Waals surface area contributed by atoms with E-state index in [9.17, 15) is 10.1 Å². The van der Waals surface area contributed by atoms with Crippen LogP contribution in [0, 0.1) is 10.1 Å². The van der Waals surface area contributed by atoms with E-state index >= 15 is 0 Å². The van der Waals surface area contributed by atoms with E-state index in [-0.39, 0.29) is 29.1 Å². The standard InChI is InChI=1S/C16H20N6O3.ClH/c1-21-7-6-17-9-14(21)15-19-16(25-20-15)10-2-5-12(18-11-3-4-11)13(8-10)22(23)24;/h2,5,8,11,14,17-18H,3-4,6-7,9H2,1H3;1H. The lowest BCUT2D eigenvalue weighted by Gasteiger charge is -2.30. The molecule has 0 radical (unpaired) electrons. The third-order valence-electron chi connectivity index (χ3n) is 4.63. The lowest BCUT2D eigenvalue weighted by atomic mass is 10.1. The zero-order valence-electron chi connectivity index (χ0n) is 14.3. The van der Waals surface area contributed by atoms with E-state index in [0.29, 0.717) is 29.0 Å². The molecule has 4 rings (SSSR count). The third kappa shape index (κ3) is 3.79. The van der Waals surface area contributed by atoms with E-state index in [1.54, 1.807) is 12.1 Å². The number of nitrogens with one attached hydrogen (secondary N) is 2. The van der Waals surface area contributed by atoms with E-state index in [4.69, 9.17) is 4.52 Å². The van der Waals surface area contributed by atoms with Crippen LogP contribution in [-0.2, 0) is 0 Å². The highest BCUT2D eigenvalue weighted by Crippen LogP contribution is 2.34. The Kier molecular flexibility index (Phi) is 5.40. The molecule has 26 heavy (non-hydrogen) atoms. The number of piperazine rings is 1. The van der Waals surface area contributed by atoms with Crippen LogP contribution in [0.15, 0.2) is 22.7 Å². The van der Waals surface area contributed by atoms with Crippen LogP contribution >= 0.6 is 12.4 Å². The molecule has 1 aromatic heterocycles. The molecular formula is C16H21ClN6O3. The fourth-order valence-electron chi connectivity index (χ4n) is 2.97. The summed E-state index contributed by atoms with van der Waals surface area (Å²) < 4.78 is 5.36. The first kappa shape index (κ1) is 18.6. The maximum atomic E-state index is 11.4. The Morgan fingerprint density at radius 3 is 2.92 bits per heavy atom. The van der Waals surface area contributed by atoms with Crippen LogP contribution in [0.4, 0.5) is 11.4 Å². The maximum absolute atomic E-state index is 11.4. The number of hydrogen-bond donors (Lipinski definition) is 2. The van der Waals surface area contributed by atoms with Gasteiger partial charge in [-0.3, -0.25) is 15.0 Å². The second-order valence-corrected chi connectivity index (χ2v) is 6.57. The lowest BCUT2D eigenvalue weighted by Crippen LogP contribution is -2.44. The fourth-order valence-corrected chi connectivity index (χ4v) is 2.97. The van der Waals surface area contributed by atoms with Gasteiger partial charge in [0.15, 0.2) is 5.82 Å². The number of benzene rings is 1. The molecule has 2 N–H and O–H groups in total. The van der Waals surface area contributed by atoms with Crippen molar-refractivity contribution in [2.45, 2.75) is 24.9 Å². The minimum absolute atomic E-state index is 0. The van der Waals surface area contributed by atoms with Crippen molar-refractivity contribution in [3.63, 3.8) is 0 Å². The molecule has 1 aliphatic carbocycles. The average molecular weight is 381 g/mol. The van der Waals surface area contributed by atoms with E-state index < -0.39 is 0 Å². The molecule has 0 amide bonds. The Bertz CT molecular complexity index is 794. The summed E-state index contributed by atoms with van der Waals surface area (Å²) in [6.45, 7) is 2.58. The van der Waals surface area contributed by atoms with Crippen molar-refractivity contribution in [3.8, 4) is 11.5 Å². The molecule has 2 fully saturated rings. The van der Waals surface area contributed by atoms with Gasteiger partial charge >= 0.3 is 0 Å². The molecule has 1 aliphatic heterocycles. The number of anilines is 1. The molecule has 0 bridgehead atoms. The van der Waals surface area contributed by atoms with Crippen LogP contribution in [0.5, 0.6) is 0 Å². The molecule has 2 heterocycles. The summed E-state index contributed by atoms with van der Waals surface area (Å²) in [7, 11) is 2.02. The summed E-state index contributed by atoms with van der Waals surface area (Å²) in [5.74, 6) is 0.891. The van der Waals surface area contributed by atoms with Gasteiger partial charge in [-0.25, -0.2) is 0 Å². The summed E-state index contributed by atoms with van der Waals surface area (Å²) in [5.41, 5.74) is 1.12. The fraction of sp³-hybridized carbons (Fsp3) is 0.500. The van der Waals surface area contributed by atoms with E-state index in [2.05, 4.69) is 25.7 Å². The van der Waals surface area contributed by atoms with Gasteiger partial charge in [0.2, 0.25) is 0 Å². The summed E-state index contributed by atoms with van der Waals surface area (Å²) in [6, 6.07) is 5.36. The van der Waals surface area contributed by atoms with Gasteiger partial charge in [-0.15, -0.1) is 12.4 Å². The molecule has 2 aliphatic rings. The lowest BCUT2D eigenvalue weighted by molar-refractivity contribution is -0.383. The van der Waals surface area contributed by atoms with Crippen LogP contribution < -0.4 is 10.6 Å². The Morgan fingerprint density at radius 2 is 2.23 bits per heavy atom. The van der Waals surface area contributed by atoms with Crippen LogP contribution in [0.3, 0.4) is 0 Å². The van der Waals surface area contributed by atoms with Gasteiger partial charge in [-0.1, -0.05) is 5.16 Å². The Morgan fingerprint density at radius 1 is 1.42 bits per heavy atom. The van der Waals surface area contributed by atoms with Gasteiger partial charge in [-0.2, -0.15) is 4.98 Å². The quantitative estimate of drug-likeness (QED) is 0.600. The zero-order chi connectivity index (χ0) is 17.4. The van der Waals surface area contributed by atoms with E-state index in [1.165, 1.54) is 6.07 Å². The molecule has 2 aromatic rings. The van der Waals surface area contributed by atoms with Crippen molar-refractivity contribution >= 4 is 23.8 Å². The molecule has 1 aromatic carbocycles. The van der Waals surface area contributed by atoms with Crippen LogP contribution in [0.25, 0.3) is 11.5 Å². The van der Waals surface area contributed by atoms with Crippen LogP contribution in [-0.4, -0.2) is 52.7 Å². The van der Waals surface area contributed by atoms with Gasteiger partial charge in [0, 0.05) is 37.3 Å². The highest BCUT2D eigenvalue weighted by Gasteiger charge is 2.27. The van der Waals surface area contributed by atoms with Gasteiger partial charge in [0.05, 0.1) is 11.0 Å². The average Bonchev–Trinajstić information content (AvgIpc) is 3.28. The van der Waals surface area contributed by atoms with Crippen LogP contribution in [0.1, 0.15) is 24.7 Å². The van der Waals surface area contributed by atoms with E-state index in [0.717, 1.165) is 32.5 Å². The number of nitro groups is 1. The van der Waals surface area contributed by atoms with Crippen molar-refractivity contribution in [1.82, 2.24) is 20.4 Å². The van der Waals surface area contributed by atoms with Crippen LogP contribution in [0.2, 0.25) is 0 Å². The normalized spacial score (nSPS) is 20.4. The summed E-state index contributed by atoms with van der Waals surface area (Å²) in [6.07, 6.45) is 2.10. The number of halogens is 1. The number of rotatable bonds is 5. The maximum Gasteiger partial charge on any atom is 0.293 e. The second kappa shape index (κ2) is 7.56. The molecule has 1 saturated carbocycles. The number of hydrogen-bond acceptors (Lipinski definition) is 8. The van der Waals surface area contributed by atoms with Crippen molar-refractivity contribution in [1.29, 1.82) is 0 Å². The smallest absolute Gasteiger partial charge is 0.293 e. The summed E-state index contributed by atoms with van der Waals surface area (Å²) >= 11 is 0. The van der Waals surface area contributed by atoms with E-state index in [1.807, 2.05) is 7.05 Å². The first-order chi connectivity index (χ1) is 12.1. The van der Waals surface area contributed by atoms with Gasteiger partial charge in [-0.05, 0) is 32.0 Å². The number of likely N-dealkylation sites (N-methyl/N-ethyl adjacent to an activating group) is 1. The topological polar surface area (TPSA) is 109 Å². The first-order valence-corrected chi connectivity index (χ1v) is 8.42. The monoisotopic (exact) mass is 380 g/mol. The molecular weight excluding hydrogens is 360 g/mol. The number of nitrogens with zero attached hydrogens (tertiary/aromatic N) is 4. The summed E-state index contributed by atoms with van der Waals surface area (Å²) in [5, 5.41) is 21.9. The molecule has 1 saturated heterocycles. The minimum Gasteiger partial charge on any atom is -0.377 e.